The number of hydrogen-bond donors (Lipinski definition) is 4. The molecule has 7 nitrogen and oxygen atoms in total. The Kier molecular flexibility index (Phi) is 8.28. The van der Waals surface area contributed by atoms with Crippen LogP contribution in [-0.4, -0.2) is 42.0 Å². The number of methoxy groups -OCH3 is 1. The lowest BCUT2D eigenvalue weighted by molar-refractivity contribution is -0.129. The van der Waals surface area contributed by atoms with Gasteiger partial charge >= 0.3 is 7.12 Å². The maximum Gasteiger partial charge on any atom is 0.475 e. The van der Waals surface area contributed by atoms with E-state index in [2.05, 4.69) is 10.6 Å². The van der Waals surface area contributed by atoms with Crippen LogP contribution in [0.15, 0.2) is 24.3 Å². The SMILES string of the molecule is COc1cccc(CNC(=O)CC(=O)N[C@@H](CC(C)C)B(O)O)c1. The highest BCUT2D eigenvalue weighted by Gasteiger charge is 2.26. The van der Waals surface area contributed by atoms with Crippen molar-refractivity contribution in [1.29, 1.82) is 0 Å². The standard InChI is InChI=1S/C16H25BN2O5/c1-11(2)7-14(17(22)23)19-16(21)9-15(20)18-10-12-5-4-6-13(8-12)24-3/h4-6,8,11,14,22-23H,7,9-10H2,1-3H3,(H,18,20)(H,19,21)/t14-/m0/s1. The minimum Gasteiger partial charge on any atom is -0.497 e. The fourth-order valence-electron chi connectivity index (χ4n) is 2.21. The Morgan fingerprint density at radius 3 is 2.54 bits per heavy atom. The van der Waals surface area contributed by atoms with Crippen molar-refractivity contribution < 1.29 is 24.4 Å². The summed E-state index contributed by atoms with van der Waals surface area (Å²) in [4.78, 5) is 23.7. The zero-order valence-corrected chi connectivity index (χ0v) is 14.3. The lowest BCUT2D eigenvalue weighted by Crippen LogP contribution is -2.48. The van der Waals surface area contributed by atoms with Crippen molar-refractivity contribution >= 4 is 18.9 Å². The van der Waals surface area contributed by atoms with Gasteiger partial charge < -0.3 is 25.4 Å². The zero-order chi connectivity index (χ0) is 18.1. The molecule has 2 amide bonds. The Hall–Kier alpha value is -2.06. The first-order valence-corrected chi connectivity index (χ1v) is 7.87. The molecule has 1 rings (SSSR count). The molecule has 0 unspecified atom stereocenters. The van der Waals surface area contributed by atoms with Crippen LogP contribution >= 0.6 is 0 Å². The van der Waals surface area contributed by atoms with Gasteiger partial charge in [0.1, 0.15) is 12.2 Å². The minimum atomic E-state index is -1.66. The summed E-state index contributed by atoms with van der Waals surface area (Å²) in [6.07, 6.45) is 0.0418. The second kappa shape index (κ2) is 9.94. The van der Waals surface area contributed by atoms with Gasteiger partial charge in [-0.15, -0.1) is 0 Å². The number of amides is 2. The number of ether oxygens (including phenoxy) is 1. The molecule has 1 aromatic carbocycles. The molecule has 0 aliphatic heterocycles. The number of rotatable bonds is 9. The summed E-state index contributed by atoms with van der Waals surface area (Å²) in [5.41, 5.74) is 0.853. The van der Waals surface area contributed by atoms with E-state index in [9.17, 15) is 19.6 Å². The highest BCUT2D eigenvalue weighted by atomic mass is 16.5. The predicted octanol–water partition coefficient (Wildman–Crippen LogP) is 0.244. The summed E-state index contributed by atoms with van der Waals surface area (Å²) in [6, 6.07) is 7.24. The van der Waals surface area contributed by atoms with Crippen LogP contribution in [-0.2, 0) is 16.1 Å². The van der Waals surface area contributed by atoms with Crippen molar-refractivity contribution in [3.05, 3.63) is 29.8 Å². The van der Waals surface area contributed by atoms with Crippen molar-refractivity contribution in [3.63, 3.8) is 0 Å². The Morgan fingerprint density at radius 1 is 1.25 bits per heavy atom. The summed E-state index contributed by atoms with van der Waals surface area (Å²) < 4.78 is 5.10. The number of carbonyl (C=O) groups excluding carboxylic acids is 2. The highest BCUT2D eigenvalue weighted by Crippen LogP contribution is 2.12. The molecule has 0 aliphatic carbocycles. The van der Waals surface area contributed by atoms with Gasteiger partial charge in [0.2, 0.25) is 11.8 Å². The van der Waals surface area contributed by atoms with Crippen LogP contribution in [0.3, 0.4) is 0 Å². The zero-order valence-electron chi connectivity index (χ0n) is 14.3. The lowest BCUT2D eigenvalue weighted by atomic mass is 9.75. The molecule has 0 radical (unpaired) electrons. The van der Waals surface area contributed by atoms with Crippen molar-refractivity contribution in [2.24, 2.45) is 5.92 Å². The number of benzene rings is 1. The molecule has 0 aliphatic rings. The second-order valence-electron chi connectivity index (χ2n) is 6.02. The smallest absolute Gasteiger partial charge is 0.475 e. The van der Waals surface area contributed by atoms with Crippen molar-refractivity contribution in [3.8, 4) is 5.75 Å². The van der Waals surface area contributed by atoms with E-state index < -0.39 is 24.9 Å². The van der Waals surface area contributed by atoms with Crippen LogP contribution in [0.1, 0.15) is 32.3 Å². The van der Waals surface area contributed by atoms with E-state index in [4.69, 9.17) is 4.74 Å². The van der Waals surface area contributed by atoms with E-state index in [-0.39, 0.29) is 18.9 Å². The molecule has 132 valence electrons. The molecule has 1 aromatic rings. The lowest BCUT2D eigenvalue weighted by Gasteiger charge is -2.19. The van der Waals surface area contributed by atoms with Crippen molar-refractivity contribution in [1.82, 2.24) is 10.6 Å². The average molecular weight is 336 g/mol. The van der Waals surface area contributed by atoms with Gasteiger partial charge in [0.05, 0.1) is 13.1 Å². The Morgan fingerprint density at radius 2 is 1.96 bits per heavy atom. The van der Waals surface area contributed by atoms with Crippen LogP contribution in [0.25, 0.3) is 0 Å². The maximum atomic E-state index is 11.8. The van der Waals surface area contributed by atoms with Gasteiger partial charge in [-0.2, -0.15) is 0 Å². The predicted molar refractivity (Wildman–Crippen MR) is 91.0 cm³/mol. The van der Waals surface area contributed by atoms with E-state index in [0.717, 1.165) is 5.56 Å². The molecule has 0 saturated heterocycles. The molecule has 0 fully saturated rings. The summed E-state index contributed by atoms with van der Waals surface area (Å²) in [5.74, 6) is -0.904. The fourth-order valence-corrected chi connectivity index (χ4v) is 2.21. The molecule has 8 heteroatoms. The topological polar surface area (TPSA) is 108 Å². The average Bonchev–Trinajstić information content (AvgIpc) is 2.52. The van der Waals surface area contributed by atoms with E-state index in [1.807, 2.05) is 26.0 Å². The second-order valence-corrected chi connectivity index (χ2v) is 6.02. The molecule has 0 heterocycles. The van der Waals surface area contributed by atoms with Gasteiger partial charge in [0.25, 0.3) is 0 Å². The molecule has 24 heavy (non-hydrogen) atoms. The summed E-state index contributed by atoms with van der Waals surface area (Å²) >= 11 is 0. The van der Waals surface area contributed by atoms with E-state index in [1.165, 1.54) is 0 Å². The third-order valence-corrected chi connectivity index (χ3v) is 3.38. The summed E-state index contributed by atoms with van der Waals surface area (Å²) in [5, 5.41) is 23.7. The van der Waals surface area contributed by atoms with Crippen LogP contribution in [0.4, 0.5) is 0 Å². The number of hydrogen-bond acceptors (Lipinski definition) is 5. The Bertz CT molecular complexity index is 551. The molecular weight excluding hydrogens is 311 g/mol. The van der Waals surface area contributed by atoms with Crippen LogP contribution in [0, 0.1) is 5.92 Å². The largest absolute Gasteiger partial charge is 0.497 e. The first-order valence-electron chi connectivity index (χ1n) is 7.87. The maximum absolute atomic E-state index is 11.8. The monoisotopic (exact) mass is 336 g/mol. The van der Waals surface area contributed by atoms with E-state index in [0.29, 0.717) is 12.2 Å². The minimum absolute atomic E-state index is 0.180. The van der Waals surface area contributed by atoms with E-state index in [1.54, 1.807) is 19.2 Å². The molecule has 0 saturated carbocycles. The van der Waals surface area contributed by atoms with Gasteiger partial charge in [-0.3, -0.25) is 9.59 Å². The van der Waals surface area contributed by atoms with Crippen LogP contribution < -0.4 is 15.4 Å². The third kappa shape index (κ3) is 7.48. The third-order valence-electron chi connectivity index (χ3n) is 3.38. The van der Waals surface area contributed by atoms with Crippen molar-refractivity contribution in [2.45, 2.75) is 39.2 Å². The molecule has 0 spiro atoms. The van der Waals surface area contributed by atoms with E-state index >= 15 is 0 Å². The van der Waals surface area contributed by atoms with Crippen molar-refractivity contribution in [2.75, 3.05) is 7.11 Å². The molecule has 4 N–H and O–H groups in total. The molecule has 1 atom stereocenters. The first kappa shape index (κ1) is 20.0. The first-order chi connectivity index (χ1) is 11.3. The molecular formula is C16H25BN2O5. The Labute approximate surface area is 142 Å². The quantitative estimate of drug-likeness (QED) is 0.382. The van der Waals surface area contributed by atoms with Gasteiger partial charge in [0, 0.05) is 6.54 Å². The van der Waals surface area contributed by atoms with Gasteiger partial charge in [-0.25, -0.2) is 0 Å². The molecule has 0 aromatic heterocycles. The van der Waals surface area contributed by atoms with Crippen LogP contribution in [0.2, 0.25) is 0 Å². The summed E-state index contributed by atoms with van der Waals surface area (Å²) in [7, 11) is -0.0956. The van der Waals surface area contributed by atoms with Crippen LogP contribution in [0.5, 0.6) is 5.75 Å². The number of carbonyl (C=O) groups is 2. The molecule has 0 bridgehead atoms. The number of nitrogens with one attached hydrogen (secondary N) is 2. The van der Waals surface area contributed by atoms with Gasteiger partial charge in [-0.1, -0.05) is 26.0 Å². The van der Waals surface area contributed by atoms with Gasteiger partial charge in [0.15, 0.2) is 0 Å². The highest BCUT2D eigenvalue weighted by molar-refractivity contribution is 6.43. The van der Waals surface area contributed by atoms with Gasteiger partial charge in [-0.05, 0) is 30.0 Å². The normalized spacial score (nSPS) is 11.8. The fraction of sp³-hybridized carbons (Fsp3) is 0.500. The summed E-state index contributed by atoms with van der Waals surface area (Å²) in [6.45, 7) is 4.09. The Balaban J connectivity index is 2.44.